The molecule has 1 saturated heterocycles. The van der Waals surface area contributed by atoms with Crippen molar-refractivity contribution in [2.45, 2.75) is 57.6 Å². The molecule has 0 aromatic carbocycles. The Morgan fingerprint density at radius 2 is 2.06 bits per heavy atom. The Balaban J connectivity index is 2.61. The number of hydrazine groups is 1. The minimum Gasteiger partial charge on any atom is -0.381 e. The van der Waals surface area contributed by atoms with Gasteiger partial charge in [0.15, 0.2) is 0 Å². The van der Waals surface area contributed by atoms with E-state index in [-0.39, 0.29) is 11.6 Å². The van der Waals surface area contributed by atoms with Crippen molar-refractivity contribution < 1.29 is 9.47 Å². The molecule has 0 aromatic rings. The summed E-state index contributed by atoms with van der Waals surface area (Å²) in [5, 5.41) is 0. The molecule has 0 aromatic heterocycles. The lowest BCUT2D eigenvalue weighted by molar-refractivity contribution is -0.113. The molecular formula is C13H28N2O2. The smallest absolute Gasteiger partial charge is 0.0888 e. The fourth-order valence-electron chi connectivity index (χ4n) is 2.86. The molecule has 2 atom stereocenters. The maximum absolute atomic E-state index is 5.79. The third kappa shape index (κ3) is 3.91. The SMILES string of the molecule is CCCC(C)CC(NN)C1(OC)CCOCC1. The van der Waals surface area contributed by atoms with Gasteiger partial charge in [0.25, 0.3) is 0 Å². The minimum absolute atomic E-state index is 0.144. The lowest BCUT2D eigenvalue weighted by Gasteiger charge is -2.42. The van der Waals surface area contributed by atoms with E-state index in [2.05, 4.69) is 19.3 Å². The van der Waals surface area contributed by atoms with E-state index in [4.69, 9.17) is 15.3 Å². The summed E-state index contributed by atoms with van der Waals surface area (Å²) in [7, 11) is 1.79. The average Bonchev–Trinajstić information content (AvgIpc) is 2.37. The molecule has 1 rings (SSSR count). The van der Waals surface area contributed by atoms with E-state index in [9.17, 15) is 0 Å². The highest BCUT2D eigenvalue weighted by atomic mass is 16.5. The second kappa shape index (κ2) is 7.31. The molecule has 1 fully saturated rings. The summed E-state index contributed by atoms with van der Waals surface area (Å²) in [5.41, 5.74) is 2.83. The quantitative estimate of drug-likeness (QED) is 0.530. The van der Waals surface area contributed by atoms with Crippen LogP contribution in [-0.2, 0) is 9.47 Å². The van der Waals surface area contributed by atoms with Crippen LogP contribution in [0.5, 0.6) is 0 Å². The van der Waals surface area contributed by atoms with Crippen LogP contribution in [0, 0.1) is 5.92 Å². The molecule has 17 heavy (non-hydrogen) atoms. The molecule has 0 spiro atoms. The van der Waals surface area contributed by atoms with E-state index in [0.29, 0.717) is 5.92 Å². The summed E-state index contributed by atoms with van der Waals surface area (Å²) in [5.74, 6) is 6.41. The van der Waals surface area contributed by atoms with Crippen molar-refractivity contribution in [2.24, 2.45) is 11.8 Å². The summed E-state index contributed by atoms with van der Waals surface area (Å²) in [6, 6.07) is 0.220. The third-order valence-corrected chi connectivity index (χ3v) is 4.00. The first-order chi connectivity index (χ1) is 8.18. The summed E-state index contributed by atoms with van der Waals surface area (Å²) in [6.45, 7) is 6.06. The molecule has 0 aliphatic carbocycles. The third-order valence-electron chi connectivity index (χ3n) is 4.00. The van der Waals surface area contributed by atoms with Crippen LogP contribution in [-0.4, -0.2) is 32.0 Å². The lowest BCUT2D eigenvalue weighted by Crippen LogP contribution is -2.57. The van der Waals surface area contributed by atoms with Crippen LogP contribution >= 0.6 is 0 Å². The van der Waals surface area contributed by atoms with Gasteiger partial charge in [0, 0.05) is 33.2 Å². The molecule has 0 saturated carbocycles. The van der Waals surface area contributed by atoms with Crippen molar-refractivity contribution in [1.29, 1.82) is 0 Å². The van der Waals surface area contributed by atoms with E-state index < -0.39 is 0 Å². The van der Waals surface area contributed by atoms with Gasteiger partial charge in [-0.25, -0.2) is 0 Å². The van der Waals surface area contributed by atoms with Gasteiger partial charge < -0.3 is 9.47 Å². The molecule has 3 N–H and O–H groups in total. The summed E-state index contributed by atoms with van der Waals surface area (Å²) in [4.78, 5) is 0. The predicted octanol–water partition coefficient (Wildman–Crippen LogP) is 1.84. The van der Waals surface area contributed by atoms with Gasteiger partial charge in [-0.2, -0.15) is 0 Å². The first kappa shape index (κ1) is 14.9. The zero-order valence-electron chi connectivity index (χ0n) is 11.5. The molecule has 4 nitrogen and oxygen atoms in total. The monoisotopic (exact) mass is 244 g/mol. The Hall–Kier alpha value is -0.160. The Labute approximate surface area is 105 Å². The predicted molar refractivity (Wildman–Crippen MR) is 69.6 cm³/mol. The van der Waals surface area contributed by atoms with Crippen LogP contribution in [0.15, 0.2) is 0 Å². The standard InChI is InChI=1S/C13H28N2O2/c1-4-5-11(2)10-12(15-14)13(16-3)6-8-17-9-7-13/h11-12,15H,4-10,14H2,1-3H3. The van der Waals surface area contributed by atoms with E-state index >= 15 is 0 Å². The number of hydrogen-bond acceptors (Lipinski definition) is 4. The average molecular weight is 244 g/mol. The second-order valence-electron chi connectivity index (χ2n) is 5.23. The van der Waals surface area contributed by atoms with Gasteiger partial charge in [-0.1, -0.05) is 26.7 Å². The van der Waals surface area contributed by atoms with Crippen LogP contribution in [0.2, 0.25) is 0 Å². The first-order valence-electron chi connectivity index (χ1n) is 6.77. The highest BCUT2D eigenvalue weighted by molar-refractivity contribution is 4.94. The molecule has 2 unspecified atom stereocenters. The van der Waals surface area contributed by atoms with Crippen LogP contribution in [0.25, 0.3) is 0 Å². The molecule has 0 bridgehead atoms. The van der Waals surface area contributed by atoms with Crippen LogP contribution < -0.4 is 11.3 Å². The zero-order chi connectivity index (χ0) is 12.7. The number of nitrogens with one attached hydrogen (secondary N) is 1. The molecule has 0 radical (unpaired) electrons. The Bertz CT molecular complexity index is 206. The van der Waals surface area contributed by atoms with Gasteiger partial charge >= 0.3 is 0 Å². The highest BCUT2D eigenvalue weighted by Crippen LogP contribution is 2.31. The van der Waals surface area contributed by atoms with Gasteiger partial charge in [0.05, 0.1) is 11.6 Å². The van der Waals surface area contributed by atoms with Crippen LogP contribution in [0.1, 0.15) is 46.0 Å². The van der Waals surface area contributed by atoms with Gasteiger partial charge in [-0.05, 0) is 12.3 Å². The van der Waals surface area contributed by atoms with Gasteiger partial charge in [0.1, 0.15) is 0 Å². The largest absolute Gasteiger partial charge is 0.381 e. The fourth-order valence-corrected chi connectivity index (χ4v) is 2.86. The molecule has 4 heteroatoms. The summed E-state index contributed by atoms with van der Waals surface area (Å²) in [6.07, 6.45) is 5.39. The van der Waals surface area contributed by atoms with E-state index in [0.717, 1.165) is 32.5 Å². The van der Waals surface area contributed by atoms with Gasteiger partial charge in [0.2, 0.25) is 0 Å². The molecular weight excluding hydrogens is 216 g/mol. The zero-order valence-corrected chi connectivity index (χ0v) is 11.5. The summed E-state index contributed by atoms with van der Waals surface area (Å²) >= 11 is 0. The molecule has 102 valence electrons. The lowest BCUT2D eigenvalue weighted by atomic mass is 9.81. The number of rotatable bonds is 7. The molecule has 0 amide bonds. The van der Waals surface area contributed by atoms with Crippen molar-refractivity contribution in [2.75, 3.05) is 20.3 Å². The van der Waals surface area contributed by atoms with Crippen molar-refractivity contribution in [1.82, 2.24) is 5.43 Å². The second-order valence-corrected chi connectivity index (χ2v) is 5.23. The molecule has 1 aliphatic rings. The fraction of sp³-hybridized carbons (Fsp3) is 1.00. The first-order valence-corrected chi connectivity index (χ1v) is 6.77. The topological polar surface area (TPSA) is 56.5 Å². The van der Waals surface area contributed by atoms with Crippen molar-refractivity contribution in [3.05, 3.63) is 0 Å². The van der Waals surface area contributed by atoms with Crippen molar-refractivity contribution in [3.8, 4) is 0 Å². The number of ether oxygens (including phenoxy) is 2. The van der Waals surface area contributed by atoms with E-state index in [1.165, 1.54) is 12.8 Å². The Morgan fingerprint density at radius 3 is 2.53 bits per heavy atom. The molecule has 1 aliphatic heterocycles. The maximum atomic E-state index is 5.79. The van der Waals surface area contributed by atoms with Gasteiger partial charge in [-0.15, -0.1) is 0 Å². The number of methoxy groups -OCH3 is 1. The summed E-state index contributed by atoms with van der Waals surface area (Å²) < 4.78 is 11.2. The van der Waals surface area contributed by atoms with Crippen LogP contribution in [0.4, 0.5) is 0 Å². The van der Waals surface area contributed by atoms with Crippen LogP contribution in [0.3, 0.4) is 0 Å². The van der Waals surface area contributed by atoms with E-state index in [1.807, 2.05) is 0 Å². The van der Waals surface area contributed by atoms with E-state index in [1.54, 1.807) is 7.11 Å². The van der Waals surface area contributed by atoms with Crippen molar-refractivity contribution in [3.63, 3.8) is 0 Å². The van der Waals surface area contributed by atoms with Crippen molar-refractivity contribution >= 4 is 0 Å². The molecule has 1 heterocycles. The number of nitrogens with two attached hydrogens (primary N) is 1. The Kier molecular flexibility index (Phi) is 6.41. The van der Waals surface area contributed by atoms with Gasteiger partial charge in [-0.3, -0.25) is 11.3 Å². The maximum Gasteiger partial charge on any atom is 0.0888 e. The normalized spacial score (nSPS) is 23.3. The highest BCUT2D eigenvalue weighted by Gasteiger charge is 2.40. The Morgan fingerprint density at radius 1 is 1.41 bits per heavy atom. The minimum atomic E-state index is -0.144. The number of hydrogen-bond donors (Lipinski definition) is 2.